The van der Waals surface area contributed by atoms with Crippen molar-refractivity contribution in [1.82, 2.24) is 29.8 Å². The Morgan fingerprint density at radius 1 is 0.735 bits per heavy atom. The molecule has 0 saturated carbocycles. The van der Waals surface area contributed by atoms with Gasteiger partial charge in [0.2, 0.25) is 5.82 Å². The topological polar surface area (TPSA) is 61.4 Å². The van der Waals surface area contributed by atoms with E-state index in [2.05, 4.69) is 59.1 Å². The van der Waals surface area contributed by atoms with Crippen molar-refractivity contribution in [2.24, 2.45) is 7.05 Å². The Morgan fingerprint density at radius 2 is 1.50 bits per heavy atom. The molecule has 5 aromatic rings. The van der Waals surface area contributed by atoms with E-state index in [1.165, 1.54) is 11.1 Å². The van der Waals surface area contributed by atoms with E-state index < -0.39 is 0 Å². The van der Waals surface area contributed by atoms with Crippen LogP contribution >= 0.6 is 23.2 Å². The first-order valence-corrected chi connectivity index (χ1v) is 11.5. The van der Waals surface area contributed by atoms with Gasteiger partial charge in [-0.25, -0.2) is 9.67 Å². The molecule has 8 heteroatoms. The molecule has 0 aliphatic heterocycles. The van der Waals surface area contributed by atoms with Crippen LogP contribution in [0.15, 0.2) is 60.7 Å². The third-order valence-electron chi connectivity index (χ3n) is 5.98. The number of imidazole rings is 1. The fraction of sp³-hybridized carbons (Fsp3) is 0.154. The second-order valence-corrected chi connectivity index (χ2v) is 9.21. The second-order valence-electron chi connectivity index (χ2n) is 8.33. The molecule has 2 aromatic heterocycles. The molecule has 0 N–H and O–H groups in total. The molecular weight excluding hydrogens is 467 g/mol. The average Bonchev–Trinajstić information content (AvgIpc) is 3.40. The highest BCUT2D eigenvalue weighted by atomic mass is 35.5. The number of benzene rings is 3. The molecule has 0 atom stereocenters. The maximum atomic E-state index is 6.47. The van der Waals surface area contributed by atoms with Crippen molar-refractivity contribution in [3.05, 3.63) is 87.4 Å². The molecule has 0 aliphatic rings. The lowest BCUT2D eigenvalue weighted by Gasteiger charge is -2.16. The van der Waals surface area contributed by atoms with Crippen LogP contribution < -0.4 is 0 Å². The Kier molecular flexibility index (Phi) is 5.71. The van der Waals surface area contributed by atoms with Gasteiger partial charge in [0, 0.05) is 28.2 Å². The van der Waals surface area contributed by atoms with E-state index in [-0.39, 0.29) is 0 Å². The summed E-state index contributed by atoms with van der Waals surface area (Å²) in [5.41, 5.74) is 7.73. The SMILES string of the molecule is Cc1ccc(-c2nc(-c3nnnn3C)c(-c3cccc(Cl)c3)n2-c2cc(Cl)ccc2C)cc1C. The quantitative estimate of drug-likeness (QED) is 0.284. The summed E-state index contributed by atoms with van der Waals surface area (Å²) in [7, 11) is 1.80. The van der Waals surface area contributed by atoms with Gasteiger partial charge in [-0.05, 0) is 78.2 Å². The van der Waals surface area contributed by atoms with E-state index in [9.17, 15) is 0 Å². The molecule has 0 radical (unpaired) electrons. The molecule has 2 heterocycles. The largest absolute Gasteiger partial charge is 0.291 e. The van der Waals surface area contributed by atoms with E-state index in [0.29, 0.717) is 21.6 Å². The Hall–Kier alpha value is -3.48. The molecule has 0 aliphatic carbocycles. The van der Waals surface area contributed by atoms with Crippen LogP contribution in [0.2, 0.25) is 10.0 Å². The second kappa shape index (κ2) is 8.70. The van der Waals surface area contributed by atoms with Crippen molar-refractivity contribution in [3.8, 4) is 39.9 Å². The van der Waals surface area contributed by atoms with Gasteiger partial charge in [0.1, 0.15) is 11.5 Å². The molecule has 0 fully saturated rings. The number of rotatable bonds is 4. The Bertz CT molecular complexity index is 1530. The minimum Gasteiger partial charge on any atom is -0.291 e. The average molecular weight is 489 g/mol. The Balaban J connectivity index is 1.95. The van der Waals surface area contributed by atoms with Crippen molar-refractivity contribution in [3.63, 3.8) is 0 Å². The summed E-state index contributed by atoms with van der Waals surface area (Å²) in [6, 6.07) is 19.9. The summed E-state index contributed by atoms with van der Waals surface area (Å²) in [6.07, 6.45) is 0. The van der Waals surface area contributed by atoms with Gasteiger partial charge in [-0.15, -0.1) is 5.10 Å². The third-order valence-corrected chi connectivity index (χ3v) is 6.45. The predicted octanol–water partition coefficient (Wildman–Crippen LogP) is 6.63. The van der Waals surface area contributed by atoms with Gasteiger partial charge < -0.3 is 0 Å². The van der Waals surface area contributed by atoms with Crippen LogP contribution in [-0.4, -0.2) is 29.8 Å². The Labute approximate surface area is 207 Å². The maximum Gasteiger partial charge on any atom is 0.202 e. The van der Waals surface area contributed by atoms with Crippen molar-refractivity contribution >= 4 is 23.2 Å². The van der Waals surface area contributed by atoms with Crippen LogP contribution in [0.4, 0.5) is 0 Å². The fourth-order valence-corrected chi connectivity index (χ4v) is 4.40. The van der Waals surface area contributed by atoms with Crippen LogP contribution in [0.1, 0.15) is 16.7 Å². The molecule has 0 unspecified atom stereocenters. The van der Waals surface area contributed by atoms with E-state index in [0.717, 1.165) is 33.9 Å². The van der Waals surface area contributed by atoms with Gasteiger partial charge in [-0.2, -0.15) is 0 Å². The summed E-state index contributed by atoms with van der Waals surface area (Å²) in [4.78, 5) is 5.12. The van der Waals surface area contributed by atoms with Crippen molar-refractivity contribution in [2.45, 2.75) is 20.8 Å². The highest BCUT2D eigenvalue weighted by molar-refractivity contribution is 6.31. The number of hydrogen-bond donors (Lipinski definition) is 0. The normalized spacial score (nSPS) is 11.2. The Morgan fingerprint density at radius 3 is 2.21 bits per heavy atom. The number of tetrazole rings is 1. The fourth-order valence-electron chi connectivity index (χ4n) is 4.04. The molecule has 0 amide bonds. The number of halogens is 2. The zero-order valence-electron chi connectivity index (χ0n) is 19.2. The zero-order valence-corrected chi connectivity index (χ0v) is 20.7. The van der Waals surface area contributed by atoms with Gasteiger partial charge in [-0.1, -0.05) is 53.5 Å². The monoisotopic (exact) mass is 488 g/mol. The first-order chi connectivity index (χ1) is 16.3. The standard InChI is InChI=1S/C26H22Cl2N6/c1-15-8-10-19(12-17(15)3)25-29-23(26-30-31-32-33(26)4)24(18-6-5-7-20(27)13-18)34(25)22-14-21(28)11-9-16(22)2/h5-14H,1-4H3. The predicted molar refractivity (Wildman–Crippen MR) is 136 cm³/mol. The van der Waals surface area contributed by atoms with Gasteiger partial charge in [0.05, 0.1) is 11.4 Å². The number of nitrogens with zero attached hydrogens (tertiary/aromatic N) is 6. The summed E-state index contributed by atoms with van der Waals surface area (Å²) >= 11 is 12.9. The van der Waals surface area contributed by atoms with E-state index >= 15 is 0 Å². The van der Waals surface area contributed by atoms with Gasteiger partial charge >= 0.3 is 0 Å². The molecule has 170 valence electrons. The lowest BCUT2D eigenvalue weighted by Crippen LogP contribution is -2.03. The summed E-state index contributed by atoms with van der Waals surface area (Å²) in [5, 5.41) is 13.4. The van der Waals surface area contributed by atoms with E-state index in [1.54, 1.807) is 11.7 Å². The van der Waals surface area contributed by atoms with Crippen LogP contribution in [0.3, 0.4) is 0 Å². The molecule has 34 heavy (non-hydrogen) atoms. The first kappa shape index (κ1) is 22.3. The molecule has 3 aromatic carbocycles. The van der Waals surface area contributed by atoms with Crippen molar-refractivity contribution < 1.29 is 0 Å². The van der Waals surface area contributed by atoms with Crippen LogP contribution in [0.25, 0.3) is 39.9 Å². The highest BCUT2D eigenvalue weighted by Crippen LogP contribution is 2.39. The molecule has 0 spiro atoms. The molecular formula is C26H22Cl2N6. The molecule has 0 saturated heterocycles. The third kappa shape index (κ3) is 3.89. The smallest absolute Gasteiger partial charge is 0.202 e. The van der Waals surface area contributed by atoms with E-state index in [1.807, 2.05) is 42.5 Å². The highest BCUT2D eigenvalue weighted by Gasteiger charge is 2.26. The van der Waals surface area contributed by atoms with Crippen LogP contribution in [0.5, 0.6) is 0 Å². The van der Waals surface area contributed by atoms with Crippen molar-refractivity contribution in [2.75, 3.05) is 0 Å². The van der Waals surface area contributed by atoms with Gasteiger partial charge in [0.25, 0.3) is 0 Å². The number of hydrogen-bond acceptors (Lipinski definition) is 4. The van der Waals surface area contributed by atoms with Crippen molar-refractivity contribution in [1.29, 1.82) is 0 Å². The summed E-state index contributed by atoms with van der Waals surface area (Å²) in [6.45, 7) is 6.25. The lowest BCUT2D eigenvalue weighted by molar-refractivity contribution is 0.714. The lowest BCUT2D eigenvalue weighted by atomic mass is 10.1. The number of aromatic nitrogens is 6. The molecule has 0 bridgehead atoms. The summed E-state index contributed by atoms with van der Waals surface area (Å²) < 4.78 is 3.75. The minimum absolute atomic E-state index is 0.554. The zero-order chi connectivity index (χ0) is 24.0. The molecule has 5 rings (SSSR count). The van der Waals surface area contributed by atoms with Crippen LogP contribution in [0, 0.1) is 20.8 Å². The van der Waals surface area contributed by atoms with Crippen LogP contribution in [-0.2, 0) is 7.05 Å². The van der Waals surface area contributed by atoms with Gasteiger partial charge in [-0.3, -0.25) is 4.57 Å². The number of aryl methyl sites for hydroxylation is 4. The summed E-state index contributed by atoms with van der Waals surface area (Å²) in [5.74, 6) is 1.32. The maximum absolute atomic E-state index is 6.47. The molecule has 6 nitrogen and oxygen atoms in total. The minimum atomic E-state index is 0.554. The van der Waals surface area contributed by atoms with Gasteiger partial charge in [0.15, 0.2) is 0 Å². The van der Waals surface area contributed by atoms with E-state index in [4.69, 9.17) is 28.2 Å². The first-order valence-electron chi connectivity index (χ1n) is 10.8.